The number of aromatic nitrogens is 1. The van der Waals surface area contributed by atoms with E-state index in [0.29, 0.717) is 37.8 Å². The number of hydrogen-bond donors (Lipinski definition) is 1. The summed E-state index contributed by atoms with van der Waals surface area (Å²) in [7, 11) is 0. The van der Waals surface area contributed by atoms with Crippen LogP contribution in [0.2, 0.25) is 0 Å². The quantitative estimate of drug-likeness (QED) is 0.377. The lowest BCUT2D eigenvalue weighted by Crippen LogP contribution is -2.48. The van der Waals surface area contributed by atoms with Gasteiger partial charge in [-0.1, -0.05) is 13.8 Å². The highest BCUT2D eigenvalue weighted by Crippen LogP contribution is 2.32. The first-order valence-corrected chi connectivity index (χ1v) is 12.3. The van der Waals surface area contributed by atoms with Gasteiger partial charge in [0.2, 0.25) is 5.91 Å². The standard InChI is InChI=1S/C27H33N5O4/c1-18(2)15-19(3)31(23-6-7-24-21(16-23)9-10-28-24)27(34)22-5-8-25(26(17-22)32(35)36)30-13-11-29(12-14-30)20(4)33/h5-10,16-19,28H,11-15H2,1-4H3. The number of carbonyl (C=O) groups excluding carboxylic acids is 2. The number of aromatic amines is 1. The van der Waals surface area contributed by atoms with Crippen LogP contribution >= 0.6 is 0 Å². The van der Waals surface area contributed by atoms with Crippen LogP contribution in [0.15, 0.2) is 48.7 Å². The maximum absolute atomic E-state index is 13.9. The zero-order valence-electron chi connectivity index (χ0n) is 21.2. The number of nitrogens with one attached hydrogen (secondary N) is 1. The lowest BCUT2D eigenvalue weighted by atomic mass is 10.0. The Balaban J connectivity index is 1.68. The van der Waals surface area contributed by atoms with Gasteiger partial charge in [0.15, 0.2) is 0 Å². The predicted molar refractivity (Wildman–Crippen MR) is 142 cm³/mol. The zero-order chi connectivity index (χ0) is 26.0. The van der Waals surface area contributed by atoms with Crippen LogP contribution in [0.3, 0.4) is 0 Å². The molecule has 1 atom stereocenters. The summed E-state index contributed by atoms with van der Waals surface area (Å²) < 4.78 is 0. The number of amides is 2. The SMILES string of the molecule is CC(=O)N1CCN(c2ccc(C(=O)N(c3ccc4[nH]ccc4c3)C(C)CC(C)C)cc2[N+](=O)[O-])CC1. The van der Waals surface area contributed by atoms with Gasteiger partial charge < -0.3 is 19.7 Å². The van der Waals surface area contributed by atoms with Crippen LogP contribution in [-0.2, 0) is 4.79 Å². The highest BCUT2D eigenvalue weighted by molar-refractivity contribution is 6.08. The van der Waals surface area contributed by atoms with Gasteiger partial charge in [-0.15, -0.1) is 0 Å². The first-order chi connectivity index (χ1) is 17.2. The topological polar surface area (TPSA) is 103 Å². The molecule has 2 amide bonds. The molecule has 2 aromatic carbocycles. The Morgan fingerprint density at radius 2 is 1.78 bits per heavy atom. The van der Waals surface area contributed by atoms with E-state index in [1.807, 2.05) is 42.3 Å². The van der Waals surface area contributed by atoms with Crippen LogP contribution in [0, 0.1) is 16.0 Å². The number of benzene rings is 2. The highest BCUT2D eigenvalue weighted by atomic mass is 16.6. The molecule has 0 aliphatic carbocycles. The molecule has 0 spiro atoms. The zero-order valence-corrected chi connectivity index (χ0v) is 21.2. The molecule has 1 fully saturated rings. The van der Waals surface area contributed by atoms with E-state index in [-0.39, 0.29) is 29.1 Å². The van der Waals surface area contributed by atoms with Gasteiger partial charge in [0, 0.05) is 73.6 Å². The Kier molecular flexibility index (Phi) is 7.28. The van der Waals surface area contributed by atoms with Crippen molar-refractivity contribution in [3.05, 3.63) is 64.3 Å². The Labute approximate surface area is 210 Å². The van der Waals surface area contributed by atoms with Crippen molar-refractivity contribution in [2.45, 2.75) is 40.2 Å². The minimum Gasteiger partial charge on any atom is -0.362 e. The summed E-state index contributed by atoms with van der Waals surface area (Å²) in [6.07, 6.45) is 2.65. The number of hydrogen-bond acceptors (Lipinski definition) is 5. The number of nitrogens with zero attached hydrogens (tertiary/aromatic N) is 4. The molecule has 9 heteroatoms. The van der Waals surface area contributed by atoms with Crippen molar-refractivity contribution in [2.75, 3.05) is 36.0 Å². The molecule has 36 heavy (non-hydrogen) atoms. The number of H-pyrrole nitrogens is 1. The molecule has 0 radical (unpaired) electrons. The Morgan fingerprint density at radius 3 is 2.42 bits per heavy atom. The van der Waals surface area contributed by atoms with Gasteiger partial charge in [0.05, 0.1) is 4.92 Å². The van der Waals surface area contributed by atoms with E-state index in [9.17, 15) is 19.7 Å². The maximum Gasteiger partial charge on any atom is 0.293 e. The van der Waals surface area contributed by atoms with Crippen molar-refractivity contribution in [3.63, 3.8) is 0 Å². The number of nitro groups is 1. The maximum atomic E-state index is 13.9. The third-order valence-electron chi connectivity index (χ3n) is 6.77. The highest BCUT2D eigenvalue weighted by Gasteiger charge is 2.29. The van der Waals surface area contributed by atoms with E-state index in [1.165, 1.54) is 13.0 Å². The summed E-state index contributed by atoms with van der Waals surface area (Å²) in [5, 5.41) is 13.0. The number of anilines is 2. The first-order valence-electron chi connectivity index (χ1n) is 12.3. The van der Waals surface area contributed by atoms with Gasteiger partial charge >= 0.3 is 0 Å². The van der Waals surface area contributed by atoms with Crippen molar-refractivity contribution < 1.29 is 14.5 Å². The Morgan fingerprint density at radius 1 is 1.06 bits per heavy atom. The lowest BCUT2D eigenvalue weighted by Gasteiger charge is -2.35. The van der Waals surface area contributed by atoms with Crippen LogP contribution in [0.1, 0.15) is 44.5 Å². The first kappa shape index (κ1) is 25.2. The fourth-order valence-electron chi connectivity index (χ4n) is 5.02. The van der Waals surface area contributed by atoms with Crippen molar-refractivity contribution in [1.29, 1.82) is 0 Å². The normalized spacial score (nSPS) is 14.8. The molecule has 4 rings (SSSR count). The molecule has 2 heterocycles. The molecule has 1 unspecified atom stereocenters. The average Bonchev–Trinajstić information content (AvgIpc) is 3.31. The van der Waals surface area contributed by atoms with E-state index in [1.54, 1.807) is 21.9 Å². The van der Waals surface area contributed by atoms with Crippen LogP contribution in [0.25, 0.3) is 10.9 Å². The van der Waals surface area contributed by atoms with Gasteiger partial charge in [0.25, 0.3) is 11.6 Å². The minimum absolute atomic E-state index is 0.00136. The molecule has 1 aromatic heterocycles. The minimum atomic E-state index is -0.433. The molecule has 190 valence electrons. The van der Waals surface area contributed by atoms with Crippen molar-refractivity contribution in [3.8, 4) is 0 Å². The predicted octanol–water partition coefficient (Wildman–Crippen LogP) is 4.83. The number of fused-ring (bicyclic) bond motifs is 1. The summed E-state index contributed by atoms with van der Waals surface area (Å²) in [6, 6.07) is 12.4. The molecule has 1 aliphatic rings. The largest absolute Gasteiger partial charge is 0.362 e. The van der Waals surface area contributed by atoms with Crippen LogP contribution in [0.5, 0.6) is 0 Å². The molecular weight excluding hydrogens is 458 g/mol. The van der Waals surface area contributed by atoms with E-state index < -0.39 is 4.92 Å². The van der Waals surface area contributed by atoms with E-state index in [2.05, 4.69) is 18.8 Å². The molecular formula is C27H33N5O4. The molecule has 0 saturated carbocycles. The van der Waals surface area contributed by atoms with Crippen molar-refractivity contribution in [2.24, 2.45) is 5.92 Å². The number of piperazine rings is 1. The fourth-order valence-corrected chi connectivity index (χ4v) is 5.02. The van der Waals surface area contributed by atoms with Crippen LogP contribution < -0.4 is 9.80 Å². The third-order valence-corrected chi connectivity index (χ3v) is 6.77. The Bertz CT molecular complexity index is 1280. The second kappa shape index (κ2) is 10.4. The summed E-state index contributed by atoms with van der Waals surface area (Å²) in [5.41, 5.74) is 2.38. The molecule has 1 aliphatic heterocycles. The number of carbonyl (C=O) groups is 2. The second-order valence-electron chi connectivity index (χ2n) is 9.86. The molecule has 9 nitrogen and oxygen atoms in total. The smallest absolute Gasteiger partial charge is 0.293 e. The molecule has 1 N–H and O–H groups in total. The van der Waals surface area contributed by atoms with Gasteiger partial charge in [-0.05, 0) is 55.7 Å². The summed E-state index contributed by atoms with van der Waals surface area (Å²) in [5.74, 6) is 0.101. The van der Waals surface area contributed by atoms with Gasteiger partial charge in [-0.25, -0.2) is 0 Å². The van der Waals surface area contributed by atoms with Gasteiger partial charge in [0.1, 0.15) is 5.69 Å². The second-order valence-corrected chi connectivity index (χ2v) is 9.86. The van der Waals surface area contributed by atoms with Crippen molar-refractivity contribution >= 4 is 39.8 Å². The van der Waals surface area contributed by atoms with Gasteiger partial charge in [-0.3, -0.25) is 19.7 Å². The number of rotatable bonds is 7. The summed E-state index contributed by atoms with van der Waals surface area (Å²) in [6.45, 7) is 9.78. The lowest BCUT2D eigenvalue weighted by molar-refractivity contribution is -0.384. The van der Waals surface area contributed by atoms with E-state index >= 15 is 0 Å². The Hall–Kier alpha value is -3.88. The van der Waals surface area contributed by atoms with Crippen molar-refractivity contribution in [1.82, 2.24) is 9.88 Å². The molecule has 3 aromatic rings. The van der Waals surface area contributed by atoms with Crippen LogP contribution in [0.4, 0.5) is 17.1 Å². The number of nitro benzene ring substituents is 1. The van der Waals surface area contributed by atoms with E-state index in [0.717, 1.165) is 23.0 Å². The van der Waals surface area contributed by atoms with E-state index in [4.69, 9.17) is 0 Å². The van der Waals surface area contributed by atoms with Crippen LogP contribution in [-0.4, -0.2) is 58.8 Å². The average molecular weight is 492 g/mol. The van der Waals surface area contributed by atoms with Gasteiger partial charge in [-0.2, -0.15) is 0 Å². The molecule has 0 bridgehead atoms. The fraction of sp³-hybridized carbons (Fsp3) is 0.407. The monoisotopic (exact) mass is 491 g/mol. The molecule has 1 saturated heterocycles. The third kappa shape index (κ3) is 5.19. The summed E-state index contributed by atoms with van der Waals surface area (Å²) >= 11 is 0. The summed E-state index contributed by atoms with van der Waals surface area (Å²) in [4.78, 5) is 45.7.